The van der Waals surface area contributed by atoms with E-state index in [9.17, 15) is 13.5 Å². The first-order chi connectivity index (χ1) is 7.03. The van der Waals surface area contributed by atoms with E-state index in [0.717, 1.165) is 5.56 Å². The van der Waals surface area contributed by atoms with Crippen LogP contribution in [0, 0.1) is 0 Å². The molecule has 0 aromatic heterocycles. The molecule has 1 N–H and O–H groups in total. The molecule has 0 aliphatic heterocycles. The summed E-state index contributed by atoms with van der Waals surface area (Å²) in [4.78, 5) is 0. The zero-order valence-electron chi connectivity index (χ0n) is 8.76. The summed E-state index contributed by atoms with van der Waals surface area (Å²) in [5.41, 5.74) is 0.765. The van der Waals surface area contributed by atoms with Crippen molar-refractivity contribution in [1.29, 1.82) is 0 Å². The number of benzene rings is 1. The zero-order valence-corrected chi connectivity index (χ0v) is 9.57. The van der Waals surface area contributed by atoms with Crippen LogP contribution in [0.4, 0.5) is 0 Å². The second-order valence-electron chi connectivity index (χ2n) is 3.60. The lowest BCUT2D eigenvalue weighted by Crippen LogP contribution is -2.21. The average Bonchev–Trinajstić information content (AvgIpc) is 2.17. The normalized spacial score (nSPS) is 13.7. The van der Waals surface area contributed by atoms with Crippen LogP contribution in [0.25, 0.3) is 0 Å². The van der Waals surface area contributed by atoms with Gasteiger partial charge in [0.1, 0.15) is 0 Å². The molecule has 1 aromatic rings. The molecule has 0 spiro atoms. The van der Waals surface area contributed by atoms with Crippen molar-refractivity contribution in [2.45, 2.75) is 25.2 Å². The van der Waals surface area contributed by atoms with Crippen LogP contribution in [0.3, 0.4) is 0 Å². The van der Waals surface area contributed by atoms with E-state index in [2.05, 4.69) is 0 Å². The lowest BCUT2D eigenvalue weighted by atomic mass is 10.2. The van der Waals surface area contributed by atoms with Gasteiger partial charge in [-0.15, -0.1) is 0 Å². The predicted octanol–water partition coefficient (Wildman–Crippen LogP) is 1.37. The Morgan fingerprint density at radius 2 is 1.87 bits per heavy atom. The fourth-order valence-corrected chi connectivity index (χ4v) is 2.94. The van der Waals surface area contributed by atoms with Gasteiger partial charge in [0.2, 0.25) is 0 Å². The van der Waals surface area contributed by atoms with Gasteiger partial charge in [0.15, 0.2) is 9.84 Å². The van der Waals surface area contributed by atoms with Crippen LogP contribution in [0.1, 0.15) is 18.9 Å². The lowest BCUT2D eigenvalue weighted by Gasteiger charge is -2.08. The van der Waals surface area contributed by atoms with Gasteiger partial charge >= 0.3 is 0 Å². The minimum absolute atomic E-state index is 0.00486. The lowest BCUT2D eigenvalue weighted by molar-refractivity contribution is 0.193. The molecule has 1 rings (SSSR count). The topological polar surface area (TPSA) is 54.4 Å². The molecule has 0 amide bonds. The second-order valence-corrected chi connectivity index (χ2v) is 5.71. The van der Waals surface area contributed by atoms with Crippen molar-refractivity contribution in [2.75, 3.05) is 5.75 Å². The molecule has 0 saturated carbocycles. The molecule has 0 bridgehead atoms. The third-order valence-corrected chi connectivity index (χ3v) is 3.81. The Bertz CT molecular complexity index is 384. The van der Waals surface area contributed by atoms with Gasteiger partial charge in [0, 0.05) is 0 Å². The molecule has 1 aromatic carbocycles. The predicted molar refractivity (Wildman–Crippen MR) is 60.2 cm³/mol. The minimum atomic E-state index is -3.20. The smallest absolute Gasteiger partial charge is 0.156 e. The number of aliphatic hydroxyl groups excluding tert-OH is 1. The van der Waals surface area contributed by atoms with Crippen molar-refractivity contribution in [3.8, 4) is 0 Å². The van der Waals surface area contributed by atoms with Crippen molar-refractivity contribution in [1.82, 2.24) is 0 Å². The number of aliphatic hydroxyl groups is 1. The van der Waals surface area contributed by atoms with Gasteiger partial charge in [-0.25, -0.2) is 8.42 Å². The van der Waals surface area contributed by atoms with Crippen LogP contribution in [0.15, 0.2) is 30.3 Å². The highest BCUT2D eigenvalue weighted by Crippen LogP contribution is 2.08. The summed E-state index contributed by atoms with van der Waals surface area (Å²) >= 11 is 0. The van der Waals surface area contributed by atoms with E-state index in [1.54, 1.807) is 31.2 Å². The molecule has 0 heterocycles. The first kappa shape index (κ1) is 12.2. The van der Waals surface area contributed by atoms with Gasteiger partial charge < -0.3 is 5.11 Å². The Hall–Kier alpha value is -0.870. The van der Waals surface area contributed by atoms with E-state index in [1.165, 1.54) is 0 Å². The third-order valence-electron chi connectivity index (χ3n) is 2.15. The van der Waals surface area contributed by atoms with Crippen molar-refractivity contribution in [3.63, 3.8) is 0 Å². The quantitative estimate of drug-likeness (QED) is 0.828. The Morgan fingerprint density at radius 1 is 1.27 bits per heavy atom. The maximum absolute atomic E-state index is 11.6. The Kier molecular flexibility index (Phi) is 4.29. The van der Waals surface area contributed by atoms with Gasteiger partial charge in [-0.2, -0.15) is 0 Å². The highest BCUT2D eigenvalue weighted by atomic mass is 32.2. The van der Waals surface area contributed by atoms with Crippen LogP contribution in [-0.4, -0.2) is 25.4 Å². The van der Waals surface area contributed by atoms with Crippen LogP contribution in [0.2, 0.25) is 0 Å². The molecule has 15 heavy (non-hydrogen) atoms. The van der Waals surface area contributed by atoms with Gasteiger partial charge in [0.05, 0.1) is 17.6 Å². The maximum atomic E-state index is 11.6. The van der Waals surface area contributed by atoms with E-state index in [4.69, 9.17) is 0 Å². The summed E-state index contributed by atoms with van der Waals surface area (Å²) in [5, 5.41) is 9.29. The Morgan fingerprint density at radius 3 is 2.40 bits per heavy atom. The summed E-state index contributed by atoms with van der Waals surface area (Å²) in [7, 11) is -3.20. The molecule has 0 fully saturated rings. The van der Waals surface area contributed by atoms with Crippen LogP contribution in [-0.2, 0) is 15.6 Å². The summed E-state index contributed by atoms with van der Waals surface area (Å²) in [6.07, 6.45) is -0.285. The second kappa shape index (κ2) is 5.28. The molecule has 1 atom stereocenters. The van der Waals surface area contributed by atoms with E-state index >= 15 is 0 Å². The summed E-state index contributed by atoms with van der Waals surface area (Å²) in [5.74, 6) is -0.150. The maximum Gasteiger partial charge on any atom is 0.156 e. The van der Waals surface area contributed by atoms with Crippen molar-refractivity contribution in [3.05, 3.63) is 35.9 Å². The fourth-order valence-electron chi connectivity index (χ4n) is 1.30. The molecule has 4 heteroatoms. The highest BCUT2D eigenvalue weighted by Gasteiger charge is 2.16. The van der Waals surface area contributed by atoms with Gasteiger partial charge in [0.25, 0.3) is 0 Å². The van der Waals surface area contributed by atoms with E-state index in [-0.39, 0.29) is 11.5 Å². The molecule has 0 aliphatic carbocycles. The SMILES string of the molecule is CCC(O)CS(=O)(=O)Cc1ccccc1. The summed E-state index contributed by atoms with van der Waals surface area (Å²) < 4.78 is 23.2. The van der Waals surface area contributed by atoms with Crippen LogP contribution < -0.4 is 0 Å². The van der Waals surface area contributed by atoms with E-state index in [0.29, 0.717) is 6.42 Å². The third kappa shape index (κ3) is 4.44. The largest absolute Gasteiger partial charge is 0.392 e. The number of rotatable bonds is 5. The Balaban J connectivity index is 2.65. The molecule has 1 unspecified atom stereocenters. The molecule has 0 aliphatic rings. The van der Waals surface area contributed by atoms with Gasteiger partial charge in [-0.05, 0) is 12.0 Å². The highest BCUT2D eigenvalue weighted by molar-refractivity contribution is 7.90. The molecule has 84 valence electrons. The van der Waals surface area contributed by atoms with E-state index in [1.807, 2.05) is 6.07 Å². The molecular formula is C11H16O3S. The average molecular weight is 228 g/mol. The summed E-state index contributed by atoms with van der Waals surface area (Å²) in [6, 6.07) is 9.00. The minimum Gasteiger partial charge on any atom is -0.392 e. The number of hydrogen-bond donors (Lipinski definition) is 1. The molecule has 3 nitrogen and oxygen atoms in total. The van der Waals surface area contributed by atoms with Crippen molar-refractivity contribution >= 4 is 9.84 Å². The Labute approximate surface area is 90.7 Å². The van der Waals surface area contributed by atoms with Crippen molar-refractivity contribution < 1.29 is 13.5 Å². The zero-order chi connectivity index (χ0) is 11.3. The fraction of sp³-hybridized carbons (Fsp3) is 0.455. The van der Waals surface area contributed by atoms with Gasteiger partial charge in [-0.3, -0.25) is 0 Å². The first-order valence-electron chi connectivity index (χ1n) is 4.96. The number of hydrogen-bond acceptors (Lipinski definition) is 3. The molecular weight excluding hydrogens is 212 g/mol. The number of sulfone groups is 1. The summed E-state index contributed by atoms with van der Waals surface area (Å²) in [6.45, 7) is 1.77. The monoisotopic (exact) mass is 228 g/mol. The standard InChI is InChI=1S/C11H16O3S/c1-2-11(12)9-15(13,14)8-10-6-4-3-5-7-10/h3-7,11-12H,2,8-9H2,1H3. The molecule has 0 saturated heterocycles. The van der Waals surface area contributed by atoms with Crippen molar-refractivity contribution in [2.24, 2.45) is 0 Å². The van der Waals surface area contributed by atoms with Gasteiger partial charge in [-0.1, -0.05) is 37.3 Å². The van der Waals surface area contributed by atoms with Crippen LogP contribution >= 0.6 is 0 Å². The molecule has 0 radical (unpaired) electrons. The van der Waals surface area contributed by atoms with E-state index < -0.39 is 15.9 Å². The first-order valence-corrected chi connectivity index (χ1v) is 6.78. The van der Waals surface area contributed by atoms with Crippen LogP contribution in [0.5, 0.6) is 0 Å².